The third kappa shape index (κ3) is 4.70. The van der Waals surface area contributed by atoms with E-state index in [1.807, 2.05) is 55.7 Å². The Balaban J connectivity index is 1.59. The summed E-state index contributed by atoms with van der Waals surface area (Å²) in [6.45, 7) is 6.22. The number of furan rings is 1. The summed E-state index contributed by atoms with van der Waals surface area (Å²) in [6, 6.07) is 16.4. The molecule has 4 aromatic rings. The summed E-state index contributed by atoms with van der Waals surface area (Å²) in [5, 5.41) is 21.6. The number of amides is 1. The maximum Gasteiger partial charge on any atom is 0.237 e. The van der Waals surface area contributed by atoms with Crippen LogP contribution in [0, 0.1) is 13.8 Å². The molecule has 32 heavy (non-hydrogen) atoms. The number of aryl methyl sites for hydroxylation is 2. The molecule has 7 nitrogen and oxygen atoms in total. The molecule has 2 heterocycles. The van der Waals surface area contributed by atoms with Crippen molar-refractivity contribution in [2.24, 2.45) is 0 Å². The van der Waals surface area contributed by atoms with Crippen LogP contribution >= 0.6 is 11.8 Å². The lowest BCUT2D eigenvalue weighted by Gasteiger charge is -2.16. The number of aromatic hydroxyl groups is 1. The van der Waals surface area contributed by atoms with E-state index in [1.165, 1.54) is 11.8 Å². The van der Waals surface area contributed by atoms with E-state index < -0.39 is 5.25 Å². The Morgan fingerprint density at radius 2 is 1.81 bits per heavy atom. The Morgan fingerprint density at radius 3 is 2.47 bits per heavy atom. The summed E-state index contributed by atoms with van der Waals surface area (Å²) in [5.41, 5.74) is 3.69. The summed E-state index contributed by atoms with van der Waals surface area (Å²) < 4.78 is 7.44. The first-order valence-electron chi connectivity index (χ1n) is 10.2. The quantitative estimate of drug-likeness (QED) is 0.385. The topological polar surface area (TPSA) is 93.2 Å². The van der Waals surface area contributed by atoms with Gasteiger partial charge in [-0.25, -0.2) is 0 Å². The van der Waals surface area contributed by atoms with Crippen LogP contribution in [-0.2, 0) is 11.3 Å². The minimum absolute atomic E-state index is 0.105. The van der Waals surface area contributed by atoms with Crippen LogP contribution in [0.15, 0.2) is 70.4 Å². The lowest BCUT2D eigenvalue weighted by Crippen LogP contribution is -2.24. The fraction of sp³-hybridized carbons (Fsp3) is 0.208. The standard InChI is InChI=1S/C24H24N4O3S/c1-15-6-4-7-16(2)21(15)25-23(30)17(3)32-24-27-26-22(18-9-11-19(29)12-10-18)28(24)14-20-8-5-13-31-20/h4-13,17,29H,14H2,1-3H3,(H,25,30)/t17-/m0/s1. The number of anilines is 1. The molecule has 164 valence electrons. The van der Waals surface area contributed by atoms with Crippen molar-refractivity contribution in [1.82, 2.24) is 14.8 Å². The van der Waals surface area contributed by atoms with Crippen LogP contribution in [0.1, 0.15) is 23.8 Å². The molecule has 0 unspecified atom stereocenters. The van der Waals surface area contributed by atoms with E-state index >= 15 is 0 Å². The zero-order valence-electron chi connectivity index (χ0n) is 18.1. The number of carbonyl (C=O) groups excluding carboxylic acids is 1. The maximum absolute atomic E-state index is 12.9. The Kier molecular flexibility index (Phi) is 6.32. The molecule has 1 atom stereocenters. The molecule has 2 N–H and O–H groups in total. The highest BCUT2D eigenvalue weighted by Gasteiger charge is 2.22. The van der Waals surface area contributed by atoms with Crippen molar-refractivity contribution in [3.63, 3.8) is 0 Å². The van der Waals surface area contributed by atoms with Crippen molar-refractivity contribution in [1.29, 1.82) is 0 Å². The highest BCUT2D eigenvalue weighted by molar-refractivity contribution is 8.00. The third-order valence-corrected chi connectivity index (χ3v) is 6.20. The minimum Gasteiger partial charge on any atom is -0.508 e. The van der Waals surface area contributed by atoms with E-state index in [0.29, 0.717) is 17.5 Å². The van der Waals surface area contributed by atoms with E-state index in [9.17, 15) is 9.90 Å². The fourth-order valence-electron chi connectivity index (χ4n) is 3.35. The number of phenolic OH excluding ortho intramolecular Hbond substituents is 1. The molecular weight excluding hydrogens is 424 g/mol. The van der Waals surface area contributed by atoms with Gasteiger partial charge in [-0.3, -0.25) is 9.36 Å². The molecule has 0 saturated carbocycles. The third-order valence-electron chi connectivity index (χ3n) is 5.12. The van der Waals surface area contributed by atoms with Crippen LogP contribution in [-0.4, -0.2) is 31.0 Å². The van der Waals surface area contributed by atoms with Gasteiger partial charge in [0.1, 0.15) is 11.5 Å². The van der Waals surface area contributed by atoms with Crippen LogP contribution < -0.4 is 5.32 Å². The second-order valence-corrected chi connectivity index (χ2v) is 8.84. The van der Waals surface area contributed by atoms with Crippen molar-refractivity contribution in [3.05, 3.63) is 77.7 Å². The van der Waals surface area contributed by atoms with Gasteiger partial charge in [0, 0.05) is 11.3 Å². The molecule has 1 amide bonds. The van der Waals surface area contributed by atoms with Gasteiger partial charge >= 0.3 is 0 Å². The summed E-state index contributed by atoms with van der Waals surface area (Å²) in [6.07, 6.45) is 1.62. The first kappa shape index (κ1) is 21.7. The van der Waals surface area contributed by atoms with Crippen LogP contribution in [0.3, 0.4) is 0 Å². The molecule has 0 aliphatic rings. The Morgan fingerprint density at radius 1 is 1.09 bits per heavy atom. The Hall–Kier alpha value is -3.52. The number of carbonyl (C=O) groups is 1. The molecular formula is C24H24N4O3S. The molecule has 2 aromatic heterocycles. The predicted molar refractivity (Wildman–Crippen MR) is 125 cm³/mol. The number of para-hydroxylation sites is 1. The molecule has 0 spiro atoms. The first-order chi connectivity index (χ1) is 15.4. The first-order valence-corrected chi connectivity index (χ1v) is 11.1. The number of aromatic nitrogens is 3. The molecule has 0 aliphatic heterocycles. The molecule has 8 heteroatoms. The van der Waals surface area contributed by atoms with Crippen LogP contribution in [0.4, 0.5) is 5.69 Å². The zero-order valence-corrected chi connectivity index (χ0v) is 18.9. The number of rotatable bonds is 7. The molecule has 0 fully saturated rings. The molecule has 0 aliphatic carbocycles. The van der Waals surface area contributed by atoms with Crippen LogP contribution in [0.25, 0.3) is 11.4 Å². The average molecular weight is 449 g/mol. The summed E-state index contributed by atoms with van der Waals surface area (Å²) in [4.78, 5) is 12.9. The minimum atomic E-state index is -0.402. The SMILES string of the molecule is Cc1cccc(C)c1NC(=O)[C@H](C)Sc1nnc(-c2ccc(O)cc2)n1Cc1ccco1. The van der Waals surface area contributed by atoms with E-state index in [2.05, 4.69) is 15.5 Å². The van der Waals surface area contributed by atoms with Gasteiger partial charge in [-0.05, 0) is 68.3 Å². The Labute approximate surface area is 190 Å². The van der Waals surface area contributed by atoms with Gasteiger partial charge in [0.25, 0.3) is 0 Å². The van der Waals surface area contributed by atoms with E-state index in [1.54, 1.807) is 30.5 Å². The highest BCUT2D eigenvalue weighted by Crippen LogP contribution is 2.30. The van der Waals surface area contributed by atoms with Gasteiger partial charge in [0.15, 0.2) is 11.0 Å². The largest absolute Gasteiger partial charge is 0.508 e. The Bertz CT molecular complexity index is 1200. The molecule has 4 rings (SSSR count). The highest BCUT2D eigenvalue weighted by atomic mass is 32.2. The summed E-state index contributed by atoms with van der Waals surface area (Å²) in [5.74, 6) is 1.45. The van der Waals surface area contributed by atoms with E-state index in [4.69, 9.17) is 4.42 Å². The van der Waals surface area contributed by atoms with E-state index in [-0.39, 0.29) is 11.7 Å². The lowest BCUT2D eigenvalue weighted by molar-refractivity contribution is -0.115. The number of phenols is 1. The number of hydrogen-bond donors (Lipinski definition) is 2. The smallest absolute Gasteiger partial charge is 0.237 e. The maximum atomic E-state index is 12.9. The van der Waals surface area contributed by atoms with E-state index in [0.717, 1.165) is 28.1 Å². The summed E-state index contributed by atoms with van der Waals surface area (Å²) in [7, 11) is 0. The van der Waals surface area contributed by atoms with Crippen molar-refractivity contribution in [3.8, 4) is 17.1 Å². The number of hydrogen-bond acceptors (Lipinski definition) is 6. The number of nitrogens with one attached hydrogen (secondary N) is 1. The molecule has 0 bridgehead atoms. The van der Waals surface area contributed by atoms with Crippen LogP contribution in [0.2, 0.25) is 0 Å². The summed E-state index contributed by atoms with van der Waals surface area (Å²) >= 11 is 1.34. The van der Waals surface area contributed by atoms with Crippen LogP contribution in [0.5, 0.6) is 5.75 Å². The van der Waals surface area contributed by atoms with Crippen molar-refractivity contribution >= 4 is 23.4 Å². The van der Waals surface area contributed by atoms with Crippen molar-refractivity contribution in [2.75, 3.05) is 5.32 Å². The molecule has 0 saturated heterocycles. The average Bonchev–Trinajstić information content (AvgIpc) is 3.42. The zero-order chi connectivity index (χ0) is 22.7. The number of thioether (sulfide) groups is 1. The number of nitrogens with zero attached hydrogens (tertiary/aromatic N) is 3. The fourth-order valence-corrected chi connectivity index (χ4v) is 4.20. The van der Waals surface area contributed by atoms with Gasteiger partial charge in [-0.2, -0.15) is 0 Å². The van der Waals surface area contributed by atoms with Gasteiger partial charge in [-0.1, -0.05) is 30.0 Å². The van der Waals surface area contributed by atoms with Gasteiger partial charge in [0.05, 0.1) is 18.1 Å². The van der Waals surface area contributed by atoms with Crippen molar-refractivity contribution in [2.45, 2.75) is 37.7 Å². The second kappa shape index (κ2) is 9.32. The number of benzene rings is 2. The predicted octanol–water partition coefficient (Wildman–Crippen LogP) is 5.03. The monoisotopic (exact) mass is 448 g/mol. The normalized spacial score (nSPS) is 12.0. The van der Waals surface area contributed by atoms with Gasteiger partial charge in [0.2, 0.25) is 5.91 Å². The second-order valence-electron chi connectivity index (χ2n) is 7.53. The van der Waals surface area contributed by atoms with Gasteiger partial charge in [-0.15, -0.1) is 10.2 Å². The molecule has 0 radical (unpaired) electrons. The van der Waals surface area contributed by atoms with Gasteiger partial charge < -0.3 is 14.8 Å². The molecule has 2 aromatic carbocycles. The van der Waals surface area contributed by atoms with Crippen molar-refractivity contribution < 1.29 is 14.3 Å². The lowest BCUT2D eigenvalue weighted by atomic mass is 10.1.